The Bertz CT molecular complexity index is 855. The first-order chi connectivity index (χ1) is 14.0. The van der Waals surface area contributed by atoms with Gasteiger partial charge in [0.05, 0.1) is 25.4 Å². The zero-order chi connectivity index (χ0) is 20.6. The number of morpholine rings is 1. The van der Waals surface area contributed by atoms with Gasteiger partial charge in [0.2, 0.25) is 5.91 Å². The normalized spacial score (nSPS) is 13.7. The highest BCUT2D eigenvalue weighted by Crippen LogP contribution is 2.23. The van der Waals surface area contributed by atoms with Crippen molar-refractivity contribution in [2.24, 2.45) is 0 Å². The molecule has 0 unspecified atom stereocenters. The fourth-order valence-electron chi connectivity index (χ4n) is 2.86. The van der Waals surface area contributed by atoms with Crippen LogP contribution in [-0.4, -0.2) is 44.8 Å². The average molecular weight is 404 g/mol. The van der Waals surface area contributed by atoms with E-state index in [0.717, 1.165) is 5.56 Å². The fraction of sp³-hybridized carbons (Fsp3) is 0.300. The van der Waals surface area contributed by atoms with Gasteiger partial charge in [-0.2, -0.15) is 0 Å². The first-order valence-electron chi connectivity index (χ1n) is 9.19. The Hall–Kier alpha value is -3.20. The van der Waals surface area contributed by atoms with Gasteiger partial charge in [0.1, 0.15) is 11.6 Å². The van der Waals surface area contributed by atoms with Gasteiger partial charge in [0.15, 0.2) is 0 Å². The predicted octanol–water partition coefficient (Wildman–Crippen LogP) is 2.24. The van der Waals surface area contributed by atoms with Crippen molar-refractivity contribution >= 4 is 23.3 Å². The fourth-order valence-corrected chi connectivity index (χ4v) is 2.86. The molecule has 7 nitrogen and oxygen atoms in total. The second-order valence-corrected chi connectivity index (χ2v) is 6.48. The van der Waals surface area contributed by atoms with Crippen LogP contribution in [0.25, 0.3) is 0 Å². The zero-order valence-electron chi connectivity index (χ0n) is 15.7. The Morgan fingerprint density at radius 1 is 1.00 bits per heavy atom. The summed E-state index contributed by atoms with van der Waals surface area (Å²) in [6.45, 7) is 2.24. The first-order valence-corrected chi connectivity index (χ1v) is 9.19. The molecule has 29 heavy (non-hydrogen) atoms. The second-order valence-electron chi connectivity index (χ2n) is 6.48. The van der Waals surface area contributed by atoms with Crippen LogP contribution in [0.1, 0.15) is 5.56 Å². The molecular weight excluding hydrogens is 382 g/mol. The van der Waals surface area contributed by atoms with Gasteiger partial charge in [0, 0.05) is 25.3 Å². The highest BCUT2D eigenvalue weighted by molar-refractivity contribution is 5.94. The quantitative estimate of drug-likeness (QED) is 0.690. The number of anilines is 2. The number of nitrogens with zero attached hydrogens (tertiary/aromatic N) is 1. The number of hydrogen-bond acceptors (Lipinski definition) is 4. The lowest BCUT2D eigenvalue weighted by Crippen LogP contribution is -2.39. The van der Waals surface area contributed by atoms with Gasteiger partial charge in [-0.15, -0.1) is 0 Å². The van der Waals surface area contributed by atoms with Gasteiger partial charge in [-0.3, -0.25) is 4.79 Å². The summed E-state index contributed by atoms with van der Waals surface area (Å²) < 4.78 is 32.4. The maximum atomic E-state index is 14.3. The van der Waals surface area contributed by atoms with E-state index in [0.29, 0.717) is 37.7 Å². The number of halogens is 2. The molecule has 3 rings (SSSR count). The van der Waals surface area contributed by atoms with Crippen LogP contribution in [0.4, 0.5) is 25.0 Å². The van der Waals surface area contributed by atoms with Crippen LogP contribution < -0.4 is 20.9 Å². The maximum absolute atomic E-state index is 14.3. The standard InChI is InChI=1S/C20H22F2N4O3/c21-15-3-1-14(2-4-15)12-23-20(28)24-13-19(27)25-16-5-6-18(17(22)11-16)26-7-9-29-10-8-26/h1-6,11H,7-10,12-13H2,(H,25,27)(H2,23,24,28). The van der Waals surface area contributed by atoms with Crippen molar-refractivity contribution in [1.82, 2.24) is 10.6 Å². The third-order valence-electron chi connectivity index (χ3n) is 4.36. The van der Waals surface area contributed by atoms with E-state index >= 15 is 0 Å². The van der Waals surface area contributed by atoms with E-state index in [2.05, 4.69) is 16.0 Å². The highest BCUT2D eigenvalue weighted by Gasteiger charge is 2.16. The third kappa shape index (κ3) is 6.15. The summed E-state index contributed by atoms with van der Waals surface area (Å²) in [6.07, 6.45) is 0. The summed E-state index contributed by atoms with van der Waals surface area (Å²) >= 11 is 0. The van der Waals surface area contributed by atoms with Crippen LogP contribution in [0.3, 0.4) is 0 Å². The molecule has 0 atom stereocenters. The van der Waals surface area contributed by atoms with Crippen molar-refractivity contribution in [2.45, 2.75) is 6.54 Å². The van der Waals surface area contributed by atoms with E-state index in [9.17, 15) is 18.4 Å². The molecule has 0 radical (unpaired) electrons. The van der Waals surface area contributed by atoms with Crippen molar-refractivity contribution in [1.29, 1.82) is 0 Å². The highest BCUT2D eigenvalue weighted by atomic mass is 19.1. The number of benzene rings is 2. The summed E-state index contributed by atoms with van der Waals surface area (Å²) in [7, 11) is 0. The summed E-state index contributed by atoms with van der Waals surface area (Å²) in [4.78, 5) is 25.6. The van der Waals surface area contributed by atoms with Crippen LogP contribution >= 0.6 is 0 Å². The number of carbonyl (C=O) groups excluding carboxylic acids is 2. The Labute approximate surface area is 167 Å². The van der Waals surface area contributed by atoms with E-state index in [-0.39, 0.29) is 18.9 Å². The minimum atomic E-state index is -0.543. The number of carbonyl (C=O) groups is 2. The molecule has 2 aromatic carbocycles. The van der Waals surface area contributed by atoms with Gasteiger partial charge in [-0.25, -0.2) is 13.6 Å². The van der Waals surface area contributed by atoms with E-state index in [1.165, 1.54) is 18.2 Å². The van der Waals surface area contributed by atoms with Crippen LogP contribution in [0.5, 0.6) is 0 Å². The van der Waals surface area contributed by atoms with E-state index in [4.69, 9.17) is 4.74 Å². The molecular formula is C20H22F2N4O3. The van der Waals surface area contributed by atoms with Crippen LogP contribution in [0.15, 0.2) is 42.5 Å². The number of urea groups is 1. The topological polar surface area (TPSA) is 82.7 Å². The molecule has 0 aliphatic carbocycles. The van der Waals surface area contributed by atoms with Gasteiger partial charge < -0.3 is 25.6 Å². The number of rotatable bonds is 6. The molecule has 0 saturated carbocycles. The molecule has 1 fully saturated rings. The molecule has 1 aliphatic heterocycles. The Kier molecular flexibility index (Phi) is 6.96. The van der Waals surface area contributed by atoms with Gasteiger partial charge in [-0.05, 0) is 35.9 Å². The van der Waals surface area contributed by atoms with Crippen molar-refractivity contribution in [2.75, 3.05) is 43.1 Å². The summed E-state index contributed by atoms with van der Waals surface area (Å²) in [5.41, 5.74) is 1.49. The van der Waals surface area contributed by atoms with E-state index in [1.807, 2.05) is 4.90 Å². The lowest BCUT2D eigenvalue weighted by molar-refractivity contribution is -0.115. The molecule has 2 aromatic rings. The van der Waals surface area contributed by atoms with Gasteiger partial charge >= 0.3 is 6.03 Å². The molecule has 1 heterocycles. The molecule has 0 bridgehead atoms. The van der Waals surface area contributed by atoms with Crippen molar-refractivity contribution in [3.8, 4) is 0 Å². The molecule has 3 amide bonds. The Morgan fingerprint density at radius 2 is 1.72 bits per heavy atom. The van der Waals surface area contributed by atoms with Gasteiger partial charge in [0.25, 0.3) is 0 Å². The maximum Gasteiger partial charge on any atom is 0.315 e. The molecule has 0 spiro atoms. The van der Waals surface area contributed by atoms with Crippen molar-refractivity contribution in [3.63, 3.8) is 0 Å². The molecule has 0 aromatic heterocycles. The van der Waals surface area contributed by atoms with Gasteiger partial charge in [-0.1, -0.05) is 12.1 Å². The lowest BCUT2D eigenvalue weighted by atomic mass is 10.2. The van der Waals surface area contributed by atoms with E-state index < -0.39 is 17.8 Å². The van der Waals surface area contributed by atoms with Crippen molar-refractivity contribution in [3.05, 3.63) is 59.7 Å². The number of hydrogen-bond donors (Lipinski definition) is 3. The summed E-state index contributed by atoms with van der Waals surface area (Å²) in [6, 6.07) is 9.63. The summed E-state index contributed by atoms with van der Waals surface area (Å²) in [5.74, 6) is -1.28. The largest absolute Gasteiger partial charge is 0.378 e. The van der Waals surface area contributed by atoms with E-state index in [1.54, 1.807) is 24.3 Å². The lowest BCUT2D eigenvalue weighted by Gasteiger charge is -2.29. The predicted molar refractivity (Wildman–Crippen MR) is 105 cm³/mol. The SMILES string of the molecule is O=C(CNC(=O)NCc1ccc(F)cc1)Nc1ccc(N2CCOCC2)c(F)c1. The first kappa shape index (κ1) is 20.5. The van der Waals surface area contributed by atoms with Crippen molar-refractivity contribution < 1.29 is 23.1 Å². The average Bonchev–Trinajstić information content (AvgIpc) is 2.72. The minimum absolute atomic E-state index is 0.196. The molecule has 9 heteroatoms. The monoisotopic (exact) mass is 404 g/mol. The molecule has 1 saturated heterocycles. The number of ether oxygens (including phenoxy) is 1. The number of nitrogens with one attached hydrogen (secondary N) is 3. The Balaban J connectivity index is 1.43. The summed E-state index contributed by atoms with van der Waals surface area (Å²) in [5, 5.41) is 7.51. The molecule has 1 aliphatic rings. The smallest absolute Gasteiger partial charge is 0.315 e. The second kappa shape index (κ2) is 9.83. The minimum Gasteiger partial charge on any atom is -0.378 e. The third-order valence-corrected chi connectivity index (χ3v) is 4.36. The molecule has 154 valence electrons. The zero-order valence-corrected chi connectivity index (χ0v) is 15.7. The number of amides is 3. The van der Waals surface area contributed by atoms with Crippen LogP contribution in [0.2, 0.25) is 0 Å². The van der Waals surface area contributed by atoms with Crippen LogP contribution in [0, 0.1) is 11.6 Å². The Morgan fingerprint density at radius 3 is 2.41 bits per heavy atom. The van der Waals surface area contributed by atoms with Crippen LogP contribution in [-0.2, 0) is 16.1 Å². The molecule has 3 N–H and O–H groups in total.